The van der Waals surface area contributed by atoms with Gasteiger partial charge in [-0.05, 0) is 73.6 Å². The Labute approximate surface area is 163 Å². The maximum absolute atomic E-state index is 12.7. The number of thioether (sulfide) groups is 1. The number of amidine groups is 1. The van der Waals surface area contributed by atoms with E-state index in [1.54, 1.807) is 12.0 Å². The molecule has 0 aromatic heterocycles. The Morgan fingerprint density at radius 1 is 1.04 bits per heavy atom. The second-order valence-corrected chi connectivity index (χ2v) is 6.76. The topological polar surface area (TPSA) is 51.1 Å². The third-order valence-electron chi connectivity index (χ3n) is 3.99. The highest BCUT2D eigenvalue weighted by Crippen LogP contribution is 2.34. The minimum absolute atomic E-state index is 0.0250. The fourth-order valence-corrected chi connectivity index (χ4v) is 3.68. The molecule has 0 radical (unpaired) electrons. The van der Waals surface area contributed by atoms with Crippen LogP contribution in [0.3, 0.4) is 0 Å². The van der Waals surface area contributed by atoms with Crippen LogP contribution in [0, 0.1) is 0 Å². The molecular formula is C21H22N2O3S. The van der Waals surface area contributed by atoms with E-state index in [0.29, 0.717) is 23.2 Å². The van der Waals surface area contributed by atoms with Crippen molar-refractivity contribution in [2.75, 3.05) is 20.3 Å². The fraction of sp³-hybridized carbons (Fsp3) is 0.238. The molecule has 2 aromatic rings. The van der Waals surface area contributed by atoms with Crippen LogP contribution in [0.4, 0.5) is 5.69 Å². The average molecular weight is 382 g/mol. The Balaban J connectivity index is 1.83. The largest absolute Gasteiger partial charge is 0.497 e. The Morgan fingerprint density at radius 2 is 1.70 bits per heavy atom. The lowest BCUT2D eigenvalue weighted by molar-refractivity contribution is -0.122. The third kappa shape index (κ3) is 4.52. The van der Waals surface area contributed by atoms with Gasteiger partial charge in [0.1, 0.15) is 11.5 Å². The molecule has 2 aromatic carbocycles. The van der Waals surface area contributed by atoms with Gasteiger partial charge in [-0.25, -0.2) is 4.99 Å². The number of amides is 1. The SMILES string of the molecule is CCOc1ccc(N=C2SC(=Cc3ccc(OC)cc3)C(=O)N2CC)cc1. The van der Waals surface area contributed by atoms with E-state index >= 15 is 0 Å². The summed E-state index contributed by atoms with van der Waals surface area (Å²) in [5.74, 6) is 1.57. The van der Waals surface area contributed by atoms with Gasteiger partial charge in [-0.15, -0.1) is 0 Å². The number of carbonyl (C=O) groups is 1. The van der Waals surface area contributed by atoms with Crippen molar-refractivity contribution >= 4 is 34.6 Å². The summed E-state index contributed by atoms with van der Waals surface area (Å²) in [5.41, 5.74) is 1.74. The van der Waals surface area contributed by atoms with E-state index in [9.17, 15) is 4.79 Å². The monoisotopic (exact) mass is 382 g/mol. The number of hydrogen-bond acceptors (Lipinski definition) is 5. The molecule has 0 spiro atoms. The van der Waals surface area contributed by atoms with E-state index in [0.717, 1.165) is 22.7 Å². The highest BCUT2D eigenvalue weighted by molar-refractivity contribution is 8.18. The van der Waals surface area contributed by atoms with Gasteiger partial charge in [-0.3, -0.25) is 9.69 Å². The highest BCUT2D eigenvalue weighted by Gasteiger charge is 2.32. The van der Waals surface area contributed by atoms with Crippen molar-refractivity contribution in [2.24, 2.45) is 4.99 Å². The number of benzene rings is 2. The summed E-state index contributed by atoms with van der Waals surface area (Å²) in [6.07, 6.45) is 1.88. The zero-order valence-electron chi connectivity index (χ0n) is 15.6. The quantitative estimate of drug-likeness (QED) is 0.679. The van der Waals surface area contributed by atoms with Gasteiger partial charge in [-0.2, -0.15) is 0 Å². The van der Waals surface area contributed by atoms with E-state index < -0.39 is 0 Å². The molecule has 5 nitrogen and oxygen atoms in total. The van der Waals surface area contributed by atoms with Gasteiger partial charge in [-0.1, -0.05) is 12.1 Å². The van der Waals surface area contributed by atoms with Crippen molar-refractivity contribution in [2.45, 2.75) is 13.8 Å². The van der Waals surface area contributed by atoms with Crippen LogP contribution in [-0.2, 0) is 4.79 Å². The first-order chi connectivity index (χ1) is 13.1. The summed E-state index contributed by atoms with van der Waals surface area (Å²) < 4.78 is 10.6. The summed E-state index contributed by atoms with van der Waals surface area (Å²) >= 11 is 1.39. The molecule has 1 fully saturated rings. The number of likely N-dealkylation sites (N-methyl/N-ethyl adjacent to an activating group) is 1. The number of carbonyl (C=O) groups excluding carboxylic acids is 1. The molecule has 1 amide bonds. The zero-order chi connectivity index (χ0) is 19.2. The van der Waals surface area contributed by atoms with Crippen LogP contribution in [0.15, 0.2) is 58.4 Å². The first kappa shape index (κ1) is 19.0. The van der Waals surface area contributed by atoms with Gasteiger partial charge in [0.25, 0.3) is 5.91 Å². The van der Waals surface area contributed by atoms with E-state index in [4.69, 9.17) is 9.47 Å². The summed E-state index contributed by atoms with van der Waals surface area (Å²) in [7, 11) is 1.63. The molecule has 1 aliphatic rings. The first-order valence-corrected chi connectivity index (χ1v) is 9.63. The summed E-state index contributed by atoms with van der Waals surface area (Å²) in [6.45, 7) is 5.09. The number of rotatable bonds is 6. The van der Waals surface area contributed by atoms with Crippen molar-refractivity contribution in [3.63, 3.8) is 0 Å². The minimum Gasteiger partial charge on any atom is -0.497 e. The van der Waals surface area contributed by atoms with Gasteiger partial charge in [0.05, 0.1) is 24.3 Å². The van der Waals surface area contributed by atoms with Gasteiger partial charge in [0, 0.05) is 6.54 Å². The third-order valence-corrected chi connectivity index (χ3v) is 5.00. The summed E-state index contributed by atoms with van der Waals surface area (Å²) in [6, 6.07) is 15.2. The number of aliphatic imine (C=N–C) groups is 1. The van der Waals surface area contributed by atoms with E-state index in [-0.39, 0.29) is 5.91 Å². The molecule has 6 heteroatoms. The van der Waals surface area contributed by atoms with E-state index in [1.807, 2.05) is 68.5 Å². The second kappa shape index (κ2) is 8.77. The average Bonchev–Trinajstić information content (AvgIpc) is 2.98. The Kier molecular flexibility index (Phi) is 6.19. The standard InChI is InChI=1S/C21H22N2O3S/c1-4-23-20(24)19(14-15-6-10-17(25-3)11-7-15)27-21(23)22-16-8-12-18(13-9-16)26-5-2/h6-14H,4-5H2,1-3H3. The molecule has 3 rings (SSSR count). The molecule has 0 N–H and O–H groups in total. The van der Waals surface area contributed by atoms with Crippen LogP contribution in [0.1, 0.15) is 19.4 Å². The Morgan fingerprint density at radius 3 is 2.30 bits per heavy atom. The molecule has 0 aliphatic carbocycles. The number of ether oxygens (including phenoxy) is 2. The predicted octanol–water partition coefficient (Wildman–Crippen LogP) is 4.72. The van der Waals surface area contributed by atoms with Crippen LogP contribution < -0.4 is 9.47 Å². The summed E-state index contributed by atoms with van der Waals surface area (Å²) in [5, 5.41) is 0.687. The maximum Gasteiger partial charge on any atom is 0.266 e. The van der Waals surface area contributed by atoms with E-state index in [2.05, 4.69) is 4.99 Å². The zero-order valence-corrected chi connectivity index (χ0v) is 16.5. The molecule has 140 valence electrons. The normalized spacial score (nSPS) is 17.0. The Hall–Kier alpha value is -2.73. The van der Waals surface area contributed by atoms with E-state index in [1.165, 1.54) is 11.8 Å². The highest BCUT2D eigenvalue weighted by atomic mass is 32.2. The maximum atomic E-state index is 12.7. The predicted molar refractivity (Wildman–Crippen MR) is 111 cm³/mol. The molecular weight excluding hydrogens is 360 g/mol. The van der Waals surface area contributed by atoms with Gasteiger partial charge in [0.2, 0.25) is 0 Å². The first-order valence-electron chi connectivity index (χ1n) is 8.81. The van der Waals surface area contributed by atoms with Crippen LogP contribution in [0.2, 0.25) is 0 Å². The molecule has 1 saturated heterocycles. The van der Waals surface area contributed by atoms with Crippen molar-refractivity contribution in [3.05, 3.63) is 59.0 Å². The molecule has 27 heavy (non-hydrogen) atoms. The van der Waals surface area contributed by atoms with Crippen molar-refractivity contribution in [1.82, 2.24) is 4.90 Å². The van der Waals surface area contributed by atoms with Crippen LogP contribution in [0.25, 0.3) is 6.08 Å². The molecule has 0 saturated carbocycles. The van der Waals surface area contributed by atoms with Gasteiger partial charge < -0.3 is 9.47 Å². The van der Waals surface area contributed by atoms with Crippen LogP contribution >= 0.6 is 11.8 Å². The van der Waals surface area contributed by atoms with Crippen molar-refractivity contribution < 1.29 is 14.3 Å². The number of methoxy groups -OCH3 is 1. The lowest BCUT2D eigenvalue weighted by Gasteiger charge is -2.12. The molecule has 1 heterocycles. The number of hydrogen-bond donors (Lipinski definition) is 0. The molecule has 0 atom stereocenters. The number of nitrogens with zero attached hydrogens (tertiary/aromatic N) is 2. The summed E-state index contributed by atoms with van der Waals surface area (Å²) in [4.78, 5) is 19.7. The lowest BCUT2D eigenvalue weighted by Crippen LogP contribution is -2.28. The lowest BCUT2D eigenvalue weighted by atomic mass is 10.2. The van der Waals surface area contributed by atoms with Crippen molar-refractivity contribution in [1.29, 1.82) is 0 Å². The molecule has 0 bridgehead atoms. The van der Waals surface area contributed by atoms with Gasteiger partial charge >= 0.3 is 0 Å². The Bertz CT molecular complexity index is 858. The molecule has 0 unspecified atom stereocenters. The second-order valence-electron chi connectivity index (χ2n) is 5.75. The minimum atomic E-state index is -0.0250. The fourth-order valence-electron chi connectivity index (χ4n) is 2.62. The van der Waals surface area contributed by atoms with Crippen LogP contribution in [-0.4, -0.2) is 36.2 Å². The van der Waals surface area contributed by atoms with Gasteiger partial charge in [0.15, 0.2) is 5.17 Å². The van der Waals surface area contributed by atoms with Crippen LogP contribution in [0.5, 0.6) is 11.5 Å². The smallest absolute Gasteiger partial charge is 0.266 e. The van der Waals surface area contributed by atoms with Crippen molar-refractivity contribution in [3.8, 4) is 11.5 Å². The molecule has 1 aliphatic heterocycles.